The molecular weight excluding hydrogens is 780 g/mol. The van der Waals surface area contributed by atoms with Crippen LogP contribution in [0, 0.1) is 0 Å². The Balaban J connectivity index is 2.53. The third-order valence-corrected chi connectivity index (χ3v) is 8.72. The van der Waals surface area contributed by atoms with Crippen molar-refractivity contribution in [3.05, 3.63) is 0 Å². The van der Waals surface area contributed by atoms with Gasteiger partial charge < -0.3 is 115 Å². The number of methoxy groups -OCH3 is 1. The average molecular weight is 841 g/mol. The number of rotatable bonds is 27. The van der Waals surface area contributed by atoms with E-state index in [0.717, 1.165) is 13.8 Å². The van der Waals surface area contributed by atoms with E-state index < -0.39 is 169 Å². The minimum absolute atomic E-state index is 0.366. The topological polar surface area (TPSA) is 384 Å². The molecule has 0 aromatic carbocycles. The highest BCUT2D eigenvalue weighted by atomic mass is 16.8. The second-order valence-corrected chi connectivity index (χ2v) is 13.0. The number of aliphatic hydroxyl groups is 12. The second kappa shape index (κ2) is 26.3. The predicted octanol–water partition coefficient (Wildman–Crippen LogP) is -8.93. The van der Waals surface area contributed by atoms with Crippen LogP contribution in [-0.2, 0) is 52.2 Å². The van der Waals surface area contributed by atoms with Crippen molar-refractivity contribution in [2.45, 2.75) is 118 Å². The quantitative estimate of drug-likeness (QED) is 0.0341. The maximum Gasteiger partial charge on any atom is 0.217 e. The van der Waals surface area contributed by atoms with E-state index in [2.05, 4.69) is 10.6 Å². The van der Waals surface area contributed by atoms with Crippen molar-refractivity contribution >= 4 is 11.8 Å². The molecule has 336 valence electrons. The molecule has 2 amide bonds. The smallest absolute Gasteiger partial charge is 0.217 e. The number of aliphatic hydroxyl groups excluding tert-OH is 12. The van der Waals surface area contributed by atoms with Gasteiger partial charge in [-0.3, -0.25) is 9.59 Å². The Bertz CT molecular complexity index is 1130. The van der Waals surface area contributed by atoms with Gasteiger partial charge in [-0.1, -0.05) is 0 Å². The van der Waals surface area contributed by atoms with Gasteiger partial charge in [0.25, 0.3) is 0 Å². The van der Waals surface area contributed by atoms with Crippen LogP contribution in [0.15, 0.2) is 0 Å². The SMILES string of the molecule is COC(CO)[C@H](OCCO)OC1C(O)[C@H](O[C@H](C(O)CO)C(O)CNC(C)=O)OC(CO[C@H]2OC(CO)[C@@H](O)C(O)C2O[C@H](OCCO)C(CO)NC(C)=O)[C@H]1O. The summed E-state index contributed by atoms with van der Waals surface area (Å²) in [5, 5.41) is 129. The number of ether oxygens (including phenoxy) is 9. The van der Waals surface area contributed by atoms with E-state index in [1.165, 1.54) is 7.11 Å². The average Bonchev–Trinajstić information content (AvgIpc) is 3.19. The molecular formula is C32H60N2O23. The van der Waals surface area contributed by atoms with Crippen molar-refractivity contribution in [1.82, 2.24) is 10.6 Å². The zero-order chi connectivity index (χ0) is 42.8. The first-order chi connectivity index (χ1) is 27.1. The summed E-state index contributed by atoms with van der Waals surface area (Å²) in [6.45, 7) is -4.15. The molecule has 0 spiro atoms. The van der Waals surface area contributed by atoms with Crippen molar-refractivity contribution in [2.75, 3.05) is 73.1 Å². The van der Waals surface area contributed by atoms with Crippen LogP contribution in [0.25, 0.3) is 0 Å². The molecule has 0 aliphatic carbocycles. The molecule has 2 aliphatic heterocycles. The zero-order valence-corrected chi connectivity index (χ0v) is 31.7. The molecule has 2 heterocycles. The second-order valence-electron chi connectivity index (χ2n) is 13.0. The summed E-state index contributed by atoms with van der Waals surface area (Å²) in [6, 6.07) is -1.30. The zero-order valence-electron chi connectivity index (χ0n) is 31.7. The largest absolute Gasteiger partial charge is 0.394 e. The van der Waals surface area contributed by atoms with Gasteiger partial charge in [-0.2, -0.15) is 0 Å². The van der Waals surface area contributed by atoms with Crippen LogP contribution in [0.5, 0.6) is 0 Å². The molecule has 2 saturated heterocycles. The fraction of sp³-hybridized carbons (Fsp3) is 0.938. The lowest BCUT2D eigenvalue weighted by atomic mass is 9.97. The van der Waals surface area contributed by atoms with Gasteiger partial charge in [0.05, 0.1) is 59.5 Å². The number of carbonyl (C=O) groups is 2. The first-order valence-corrected chi connectivity index (χ1v) is 18.0. The monoisotopic (exact) mass is 840 g/mol. The highest BCUT2D eigenvalue weighted by molar-refractivity contribution is 5.73. The molecule has 25 nitrogen and oxygen atoms in total. The third-order valence-electron chi connectivity index (χ3n) is 8.72. The normalized spacial score (nSPS) is 31.8. The predicted molar refractivity (Wildman–Crippen MR) is 183 cm³/mol. The van der Waals surface area contributed by atoms with E-state index in [9.17, 15) is 70.9 Å². The number of hydrogen-bond acceptors (Lipinski definition) is 23. The van der Waals surface area contributed by atoms with Crippen molar-refractivity contribution in [1.29, 1.82) is 0 Å². The van der Waals surface area contributed by atoms with Crippen molar-refractivity contribution < 1.29 is 113 Å². The summed E-state index contributed by atoms with van der Waals surface area (Å²) in [6.07, 6.45) is -27.9. The van der Waals surface area contributed by atoms with E-state index in [0.29, 0.717) is 0 Å². The van der Waals surface area contributed by atoms with Gasteiger partial charge in [-0.15, -0.1) is 0 Å². The maximum atomic E-state index is 11.8. The maximum absolute atomic E-state index is 11.8. The minimum atomic E-state index is -2.03. The van der Waals surface area contributed by atoms with Gasteiger partial charge in [0, 0.05) is 27.5 Å². The molecule has 57 heavy (non-hydrogen) atoms. The van der Waals surface area contributed by atoms with Crippen LogP contribution < -0.4 is 10.6 Å². The van der Waals surface area contributed by atoms with Crippen LogP contribution in [0.1, 0.15) is 13.8 Å². The van der Waals surface area contributed by atoms with E-state index in [1.54, 1.807) is 0 Å². The van der Waals surface area contributed by atoms with Gasteiger partial charge >= 0.3 is 0 Å². The van der Waals surface area contributed by atoms with E-state index in [1.807, 2.05) is 0 Å². The number of carbonyl (C=O) groups excluding carboxylic acids is 2. The molecule has 14 N–H and O–H groups in total. The van der Waals surface area contributed by atoms with Gasteiger partial charge in [-0.05, 0) is 0 Å². The summed E-state index contributed by atoms with van der Waals surface area (Å²) in [4.78, 5) is 23.3. The van der Waals surface area contributed by atoms with Gasteiger partial charge in [0.1, 0.15) is 79.3 Å². The summed E-state index contributed by atoms with van der Waals surface area (Å²) in [5.41, 5.74) is 0. The Morgan fingerprint density at radius 1 is 0.684 bits per heavy atom. The molecule has 2 rings (SSSR count). The molecule has 0 radical (unpaired) electrons. The summed E-state index contributed by atoms with van der Waals surface area (Å²) in [7, 11) is 1.18. The van der Waals surface area contributed by atoms with E-state index in [4.69, 9.17) is 42.6 Å². The van der Waals surface area contributed by atoms with Crippen LogP contribution in [-0.4, -0.2) is 251 Å². The van der Waals surface area contributed by atoms with Gasteiger partial charge in [0.2, 0.25) is 11.8 Å². The third kappa shape index (κ3) is 15.3. The Kier molecular flexibility index (Phi) is 23.7. The Labute approximate surface area is 327 Å². The number of nitrogens with one attached hydrogen (secondary N) is 2. The number of amides is 2. The van der Waals surface area contributed by atoms with Crippen molar-refractivity contribution in [3.63, 3.8) is 0 Å². The first kappa shape index (κ1) is 51.2. The molecule has 0 saturated carbocycles. The molecule has 2 fully saturated rings. The van der Waals surface area contributed by atoms with E-state index >= 15 is 0 Å². The Morgan fingerprint density at radius 3 is 1.82 bits per heavy atom. The fourth-order valence-electron chi connectivity index (χ4n) is 5.76. The standard InChI is InChI=1S/C32H60N2O23/c1-14(41)33-8-17(43)26(18(44)10-38)55-31-25(48)27(56-30(51-7-5-36)20(12-40)49-3)23(46)21(54-31)13-52-32-28(24(47)22(45)19(11-39)53-32)57-29(50-6-4-35)16(9-37)34-15(2)42/h16-32,35-40,43-48H,4-13H2,1-3H3,(H,33,41)(H,34,42)/t16?,17?,18?,19?,20?,21?,22-,23-,24?,25?,26+,27?,28?,29+,30-,31+,32+/m1/s1. The Morgan fingerprint density at radius 2 is 1.30 bits per heavy atom. The number of hydrogen-bond donors (Lipinski definition) is 14. The Hall–Kier alpha value is -1.90. The van der Waals surface area contributed by atoms with Gasteiger partial charge in [-0.25, -0.2) is 0 Å². The first-order valence-electron chi connectivity index (χ1n) is 18.0. The van der Waals surface area contributed by atoms with Crippen LogP contribution in [0.2, 0.25) is 0 Å². The molecule has 0 aromatic heterocycles. The highest BCUT2D eigenvalue weighted by Crippen LogP contribution is 2.31. The summed E-state index contributed by atoms with van der Waals surface area (Å²) < 4.78 is 50.8. The van der Waals surface area contributed by atoms with Crippen LogP contribution >= 0.6 is 0 Å². The minimum Gasteiger partial charge on any atom is -0.394 e. The molecule has 0 bridgehead atoms. The van der Waals surface area contributed by atoms with E-state index in [-0.39, 0.29) is 13.2 Å². The fourth-order valence-corrected chi connectivity index (χ4v) is 5.76. The lowest BCUT2D eigenvalue weighted by molar-refractivity contribution is -0.366. The molecule has 10 unspecified atom stereocenters. The summed E-state index contributed by atoms with van der Waals surface area (Å²) in [5.74, 6) is -1.19. The van der Waals surface area contributed by atoms with Crippen LogP contribution in [0.4, 0.5) is 0 Å². The van der Waals surface area contributed by atoms with Crippen molar-refractivity contribution in [3.8, 4) is 0 Å². The van der Waals surface area contributed by atoms with Gasteiger partial charge in [0.15, 0.2) is 25.2 Å². The highest BCUT2D eigenvalue weighted by Gasteiger charge is 2.52. The lowest BCUT2D eigenvalue weighted by Gasteiger charge is -2.46. The molecule has 2 aliphatic rings. The summed E-state index contributed by atoms with van der Waals surface area (Å²) >= 11 is 0. The molecule has 0 aromatic rings. The van der Waals surface area contributed by atoms with Crippen molar-refractivity contribution in [2.24, 2.45) is 0 Å². The molecule has 25 heteroatoms. The molecule has 17 atom stereocenters. The van der Waals surface area contributed by atoms with Crippen LogP contribution in [0.3, 0.4) is 0 Å². The lowest BCUT2D eigenvalue weighted by Crippen LogP contribution is -2.65.